The molecule has 0 saturated carbocycles. The number of pyridine rings is 1. The van der Waals surface area contributed by atoms with E-state index < -0.39 is 21.5 Å². The van der Waals surface area contributed by atoms with Gasteiger partial charge in [-0.15, -0.1) is 0 Å². The molecule has 0 saturated heterocycles. The van der Waals surface area contributed by atoms with Gasteiger partial charge >= 0.3 is 0 Å². The lowest BCUT2D eigenvalue weighted by atomic mass is 10.0. The number of nitrogens with two attached hydrogens (primary N) is 1. The normalized spacial score (nSPS) is 11.9. The highest BCUT2D eigenvalue weighted by molar-refractivity contribution is 7.89. The Balaban J connectivity index is 2.40. The molecule has 0 unspecified atom stereocenters. The zero-order chi connectivity index (χ0) is 22.7. The van der Waals surface area contributed by atoms with Crippen molar-refractivity contribution in [3.8, 4) is 11.1 Å². The molecule has 0 radical (unpaired) electrons. The van der Waals surface area contributed by atoms with Gasteiger partial charge in [0.1, 0.15) is 5.82 Å². The summed E-state index contributed by atoms with van der Waals surface area (Å²) in [7, 11) is -4.02. The van der Waals surface area contributed by atoms with Gasteiger partial charge in [0, 0.05) is 11.8 Å². The number of aliphatic hydroxyl groups is 1. The van der Waals surface area contributed by atoms with Crippen LogP contribution in [-0.2, 0) is 14.9 Å². The van der Waals surface area contributed by atoms with Crippen LogP contribution in [0.1, 0.15) is 36.7 Å². The minimum Gasteiger partial charge on any atom is -0.388 e. The summed E-state index contributed by atoms with van der Waals surface area (Å²) in [6.45, 7) is 5.91. The lowest BCUT2D eigenvalue weighted by molar-refractivity contribution is -0.0380. The molecule has 30 heavy (non-hydrogen) atoms. The van der Waals surface area contributed by atoms with E-state index in [1.807, 2.05) is 4.89 Å². The molecule has 11 heteroatoms. The van der Waals surface area contributed by atoms with Gasteiger partial charge in [-0.1, -0.05) is 11.0 Å². The number of nitrogens with zero attached hydrogens (tertiary/aromatic N) is 1. The molecular weight excluding hydrogens is 410 g/mol. The maximum Gasteiger partial charge on any atom is 0.262 e. The molecule has 0 spiro atoms. The van der Waals surface area contributed by atoms with Crippen molar-refractivity contribution in [3.63, 3.8) is 0 Å². The van der Waals surface area contributed by atoms with Gasteiger partial charge in [0.05, 0.1) is 28.5 Å². The van der Waals surface area contributed by atoms with Crippen LogP contribution in [0.5, 0.6) is 0 Å². The van der Waals surface area contributed by atoms with Gasteiger partial charge < -0.3 is 16.2 Å². The minimum absolute atomic E-state index is 0.0133. The quantitative estimate of drug-likeness (QED) is 0.248. The van der Waals surface area contributed by atoms with E-state index in [2.05, 4.69) is 10.3 Å². The first-order valence-electron chi connectivity index (χ1n) is 8.89. The van der Waals surface area contributed by atoms with Crippen LogP contribution in [0.4, 0.5) is 5.82 Å². The van der Waals surface area contributed by atoms with Crippen LogP contribution < -0.4 is 15.9 Å². The van der Waals surface area contributed by atoms with E-state index in [1.165, 1.54) is 45.2 Å². The van der Waals surface area contributed by atoms with Gasteiger partial charge in [-0.2, -0.15) is 0 Å². The van der Waals surface area contributed by atoms with Gasteiger partial charge in [-0.25, -0.2) is 13.4 Å². The van der Waals surface area contributed by atoms with Crippen LogP contribution in [0.3, 0.4) is 0 Å². The fraction of sp³-hybridized carbons (Fsp3) is 0.316. The smallest absolute Gasteiger partial charge is 0.262 e. The number of benzene rings is 1. The molecule has 0 fully saturated rings. The lowest BCUT2D eigenvalue weighted by Gasteiger charge is -2.17. The number of rotatable bonds is 7. The summed E-state index contributed by atoms with van der Waals surface area (Å²) in [4.78, 5) is 23.1. The van der Waals surface area contributed by atoms with Crippen LogP contribution in [0.2, 0.25) is 0 Å². The number of amidine groups is 1. The first kappa shape index (κ1) is 23.4. The van der Waals surface area contributed by atoms with E-state index >= 15 is 0 Å². The summed E-state index contributed by atoms with van der Waals surface area (Å²) < 4.78 is 25.0. The number of aryl methyl sites for hydroxylation is 1. The Labute approximate surface area is 175 Å². The third kappa shape index (κ3) is 6.07. The highest BCUT2D eigenvalue weighted by Crippen LogP contribution is 2.28. The largest absolute Gasteiger partial charge is 0.388 e. The molecule has 0 aliphatic heterocycles. The molecule has 6 N–H and O–H groups in total. The zero-order valence-electron chi connectivity index (χ0n) is 17.1. The number of aromatic nitrogens is 1. The molecule has 2 aromatic rings. The molecule has 0 aliphatic rings. The number of hydrogen-bond donors (Lipinski definition) is 5. The van der Waals surface area contributed by atoms with Crippen molar-refractivity contribution in [2.45, 2.75) is 38.2 Å². The maximum atomic E-state index is 12.5. The highest BCUT2D eigenvalue weighted by Gasteiger charge is 2.20. The van der Waals surface area contributed by atoms with E-state index in [9.17, 15) is 18.3 Å². The van der Waals surface area contributed by atoms with Crippen LogP contribution in [-0.4, -0.2) is 42.5 Å². The Morgan fingerprint density at radius 2 is 2.00 bits per heavy atom. The number of hydrogen-bond acceptors (Lipinski definition) is 8. The number of nitrogens with one attached hydrogen (secondary N) is 3. The molecule has 2 rings (SSSR count). The van der Waals surface area contributed by atoms with Crippen LogP contribution >= 0.6 is 0 Å². The molecule has 0 atom stereocenters. The minimum atomic E-state index is -4.02. The second kappa shape index (κ2) is 8.88. The molecule has 1 amide bonds. The Morgan fingerprint density at radius 3 is 2.60 bits per heavy atom. The monoisotopic (exact) mass is 435 g/mol. The molecule has 0 bridgehead atoms. The number of carbonyl (C=O) groups excluding carboxylic acids is 1. The van der Waals surface area contributed by atoms with E-state index in [-0.39, 0.29) is 28.7 Å². The Morgan fingerprint density at radius 1 is 1.33 bits per heavy atom. The number of carbonyl (C=O) groups is 1. The first-order valence-corrected chi connectivity index (χ1v) is 10.4. The van der Waals surface area contributed by atoms with Crippen LogP contribution in [0.15, 0.2) is 35.4 Å². The average Bonchev–Trinajstić information content (AvgIpc) is 2.60. The molecular formula is C19H25N5O5S. The predicted octanol–water partition coefficient (Wildman–Crippen LogP) is 1.35. The van der Waals surface area contributed by atoms with Crippen molar-refractivity contribution >= 4 is 27.6 Å². The second-order valence-corrected chi connectivity index (χ2v) is 9.05. The standard InChI is InChI=1S/C19H25N5O5S/c1-11-5-6-14(30(27,28)24-29-10-19(3,4)26)8-15(11)13-7-16(17(21)22-9-13)18(25)23-12(2)20/h5-9,24,26H,10H2,1-4H3,(H2,21,22)(H2,20,23,25). The SMILES string of the molecule is CC(=N)NC(=O)c1cc(-c2cc(S(=O)(=O)NOCC(C)(C)O)ccc2C)cnc1N. The van der Waals surface area contributed by atoms with E-state index in [0.717, 1.165) is 5.56 Å². The fourth-order valence-electron chi connectivity index (χ4n) is 2.45. The molecule has 1 aromatic carbocycles. The molecule has 1 heterocycles. The number of sulfonamides is 1. The van der Waals surface area contributed by atoms with Crippen molar-refractivity contribution < 1.29 is 23.2 Å². The number of nitrogen functional groups attached to an aromatic ring is 1. The van der Waals surface area contributed by atoms with E-state index in [1.54, 1.807) is 13.0 Å². The topological polar surface area (TPSA) is 167 Å². The lowest BCUT2D eigenvalue weighted by Crippen LogP contribution is -2.33. The number of anilines is 1. The van der Waals surface area contributed by atoms with Gasteiger partial charge in [0.2, 0.25) is 0 Å². The van der Waals surface area contributed by atoms with Crippen molar-refractivity contribution in [1.82, 2.24) is 15.2 Å². The van der Waals surface area contributed by atoms with Gasteiger partial charge in [0.25, 0.3) is 15.9 Å². The van der Waals surface area contributed by atoms with Crippen LogP contribution in [0.25, 0.3) is 11.1 Å². The molecule has 0 aliphatic carbocycles. The Bertz CT molecular complexity index is 1080. The summed E-state index contributed by atoms with van der Waals surface area (Å²) >= 11 is 0. The van der Waals surface area contributed by atoms with Crippen LogP contribution in [0, 0.1) is 12.3 Å². The summed E-state index contributed by atoms with van der Waals surface area (Å²) in [6.07, 6.45) is 1.43. The van der Waals surface area contributed by atoms with E-state index in [4.69, 9.17) is 16.0 Å². The molecule has 162 valence electrons. The van der Waals surface area contributed by atoms with Crippen molar-refractivity contribution in [2.75, 3.05) is 12.3 Å². The second-order valence-electron chi connectivity index (χ2n) is 7.40. The van der Waals surface area contributed by atoms with E-state index in [0.29, 0.717) is 11.1 Å². The Hall–Kier alpha value is -2.86. The van der Waals surface area contributed by atoms with Gasteiger partial charge in [-0.3, -0.25) is 15.0 Å². The third-order valence-corrected chi connectivity index (χ3v) is 5.10. The fourth-order valence-corrected chi connectivity index (χ4v) is 3.28. The predicted molar refractivity (Wildman–Crippen MR) is 112 cm³/mol. The Kier molecular flexibility index (Phi) is 6.93. The van der Waals surface area contributed by atoms with Gasteiger partial charge in [0.15, 0.2) is 0 Å². The van der Waals surface area contributed by atoms with Crippen molar-refractivity contribution in [2.24, 2.45) is 0 Å². The number of amides is 1. The average molecular weight is 436 g/mol. The van der Waals surface area contributed by atoms with Gasteiger partial charge in [-0.05, 0) is 57.0 Å². The summed E-state index contributed by atoms with van der Waals surface area (Å²) in [5.41, 5.74) is 6.39. The maximum absolute atomic E-state index is 12.5. The summed E-state index contributed by atoms with van der Waals surface area (Å²) in [5.74, 6) is -0.649. The summed E-state index contributed by atoms with van der Waals surface area (Å²) in [6, 6.07) is 5.92. The first-order chi connectivity index (χ1) is 13.8. The third-order valence-electron chi connectivity index (χ3n) is 3.89. The molecule has 10 nitrogen and oxygen atoms in total. The van der Waals surface area contributed by atoms with Crippen molar-refractivity contribution in [1.29, 1.82) is 5.41 Å². The summed E-state index contributed by atoms with van der Waals surface area (Å²) in [5, 5.41) is 19.4. The molecule has 1 aromatic heterocycles. The van der Waals surface area contributed by atoms with Crippen molar-refractivity contribution in [3.05, 3.63) is 41.6 Å². The zero-order valence-corrected chi connectivity index (χ0v) is 17.9. The highest BCUT2D eigenvalue weighted by atomic mass is 32.2.